The van der Waals surface area contributed by atoms with Gasteiger partial charge < -0.3 is 10.1 Å². The molecule has 1 heterocycles. The summed E-state index contributed by atoms with van der Waals surface area (Å²) in [7, 11) is -1.84. The minimum atomic E-state index is -3.63. The lowest BCUT2D eigenvalue weighted by molar-refractivity contribution is 0.257. The monoisotopic (exact) mass is 318 g/mol. The summed E-state index contributed by atoms with van der Waals surface area (Å²) in [5.41, 5.74) is 0.275. The molecule has 0 unspecified atom stereocenters. The fourth-order valence-corrected chi connectivity index (χ4v) is 4.22. The van der Waals surface area contributed by atoms with Crippen molar-refractivity contribution in [1.29, 1.82) is 0 Å². The molecule has 0 fully saturated rings. The van der Waals surface area contributed by atoms with Crippen LogP contribution in [-0.4, -0.2) is 27.4 Å². The zero-order valence-electron chi connectivity index (χ0n) is 12.3. The van der Waals surface area contributed by atoms with Gasteiger partial charge in [0.15, 0.2) is 0 Å². The summed E-state index contributed by atoms with van der Waals surface area (Å²) in [6.07, 6.45) is 0.385. The van der Waals surface area contributed by atoms with Crippen LogP contribution >= 0.6 is 0 Å². The SMILES string of the molecule is CNCC[C@@H]1Oc2ccccc2N(c2ccccc2)S1(=O)=O. The average Bonchev–Trinajstić information content (AvgIpc) is 2.53. The van der Waals surface area contributed by atoms with E-state index >= 15 is 0 Å². The fraction of sp³-hybridized carbons (Fsp3) is 0.250. The first kappa shape index (κ1) is 14.9. The Bertz CT molecular complexity index is 747. The number of nitrogens with one attached hydrogen (secondary N) is 1. The third-order valence-electron chi connectivity index (χ3n) is 3.55. The van der Waals surface area contributed by atoms with E-state index in [9.17, 15) is 8.42 Å². The second kappa shape index (κ2) is 5.98. The first-order valence-electron chi connectivity index (χ1n) is 7.14. The Morgan fingerprint density at radius 3 is 2.50 bits per heavy atom. The van der Waals surface area contributed by atoms with Crippen molar-refractivity contribution < 1.29 is 13.2 Å². The minimum absolute atomic E-state index is 0.385. The van der Waals surface area contributed by atoms with Gasteiger partial charge in [-0.1, -0.05) is 30.3 Å². The largest absolute Gasteiger partial charge is 0.470 e. The predicted molar refractivity (Wildman–Crippen MR) is 86.9 cm³/mol. The molecule has 116 valence electrons. The zero-order valence-corrected chi connectivity index (χ0v) is 13.1. The molecule has 3 rings (SSSR count). The van der Waals surface area contributed by atoms with Gasteiger partial charge in [0, 0.05) is 6.42 Å². The molecule has 22 heavy (non-hydrogen) atoms. The van der Waals surface area contributed by atoms with Crippen molar-refractivity contribution in [2.24, 2.45) is 0 Å². The van der Waals surface area contributed by atoms with Crippen molar-refractivity contribution >= 4 is 21.4 Å². The maximum Gasteiger partial charge on any atom is 0.278 e. The first-order chi connectivity index (χ1) is 10.6. The van der Waals surface area contributed by atoms with E-state index in [1.807, 2.05) is 30.3 Å². The third kappa shape index (κ3) is 2.55. The Kier molecular flexibility index (Phi) is 4.04. The summed E-state index contributed by atoms with van der Waals surface area (Å²) in [5.74, 6) is 0.585. The maximum atomic E-state index is 13.0. The summed E-state index contributed by atoms with van der Waals surface area (Å²) in [6.45, 7) is 0.564. The Morgan fingerprint density at radius 1 is 1.09 bits per heavy atom. The van der Waals surface area contributed by atoms with Gasteiger partial charge in [0.25, 0.3) is 10.0 Å². The number of sulfonamides is 1. The number of benzene rings is 2. The van der Waals surface area contributed by atoms with Gasteiger partial charge in [0.05, 0.1) is 11.4 Å². The molecule has 1 aliphatic heterocycles. The maximum absolute atomic E-state index is 13.0. The molecule has 0 radical (unpaired) electrons. The van der Waals surface area contributed by atoms with Gasteiger partial charge in [0.2, 0.25) is 5.44 Å². The van der Waals surface area contributed by atoms with Gasteiger partial charge in [-0.15, -0.1) is 0 Å². The summed E-state index contributed by atoms with van der Waals surface area (Å²) in [5, 5.41) is 2.97. The molecule has 0 aliphatic carbocycles. The highest BCUT2D eigenvalue weighted by atomic mass is 32.2. The van der Waals surface area contributed by atoms with Crippen molar-refractivity contribution in [2.75, 3.05) is 17.9 Å². The Morgan fingerprint density at radius 2 is 1.77 bits per heavy atom. The molecule has 1 atom stereocenters. The summed E-state index contributed by atoms with van der Waals surface area (Å²) >= 11 is 0. The highest BCUT2D eigenvalue weighted by Gasteiger charge is 2.40. The van der Waals surface area contributed by atoms with E-state index in [1.165, 1.54) is 4.31 Å². The van der Waals surface area contributed by atoms with Crippen molar-refractivity contribution in [3.8, 4) is 5.75 Å². The molecular weight excluding hydrogens is 300 g/mol. The molecule has 2 aromatic carbocycles. The summed E-state index contributed by atoms with van der Waals surface area (Å²) in [6, 6.07) is 16.3. The third-order valence-corrected chi connectivity index (χ3v) is 5.46. The van der Waals surface area contributed by atoms with Crippen LogP contribution < -0.4 is 14.4 Å². The highest BCUT2D eigenvalue weighted by Crippen LogP contribution is 2.42. The normalized spacial score (nSPS) is 19.3. The average molecular weight is 318 g/mol. The van der Waals surface area contributed by atoms with Gasteiger partial charge in [-0.3, -0.25) is 0 Å². The van der Waals surface area contributed by atoms with Crippen LogP contribution in [0.5, 0.6) is 5.75 Å². The van der Waals surface area contributed by atoms with Gasteiger partial charge in [-0.25, -0.2) is 12.7 Å². The predicted octanol–water partition coefficient (Wildman–Crippen LogP) is 2.48. The molecule has 1 N–H and O–H groups in total. The Balaban J connectivity index is 2.12. The van der Waals surface area contributed by atoms with Crippen molar-refractivity contribution in [1.82, 2.24) is 5.32 Å². The van der Waals surface area contributed by atoms with Crippen molar-refractivity contribution in [3.05, 3.63) is 54.6 Å². The minimum Gasteiger partial charge on any atom is -0.470 e. The number of anilines is 2. The van der Waals surface area contributed by atoms with Crippen LogP contribution in [0.3, 0.4) is 0 Å². The van der Waals surface area contributed by atoms with Crippen LogP contribution in [0.4, 0.5) is 11.4 Å². The van der Waals surface area contributed by atoms with Crippen LogP contribution in [0, 0.1) is 0 Å². The lowest BCUT2D eigenvalue weighted by atomic mass is 10.2. The van der Waals surface area contributed by atoms with E-state index in [2.05, 4.69) is 5.32 Å². The molecule has 0 saturated carbocycles. The number of hydrogen-bond acceptors (Lipinski definition) is 4. The quantitative estimate of drug-likeness (QED) is 0.941. The number of ether oxygens (including phenoxy) is 1. The second-order valence-electron chi connectivity index (χ2n) is 5.05. The number of hydrogen-bond donors (Lipinski definition) is 1. The molecule has 0 spiro atoms. The molecule has 0 aromatic heterocycles. The van der Waals surface area contributed by atoms with E-state index in [4.69, 9.17) is 4.74 Å². The van der Waals surface area contributed by atoms with E-state index in [0.717, 1.165) is 0 Å². The van der Waals surface area contributed by atoms with Crippen LogP contribution in [0.1, 0.15) is 6.42 Å². The van der Waals surface area contributed by atoms with Crippen LogP contribution in [0.2, 0.25) is 0 Å². The molecule has 1 aliphatic rings. The van der Waals surface area contributed by atoms with E-state index in [0.29, 0.717) is 30.1 Å². The molecule has 5 nitrogen and oxygen atoms in total. The standard InChI is InChI=1S/C16H18N2O3S/c1-17-12-11-16-21-15-10-6-5-9-14(15)18(22(16,19)20)13-7-3-2-4-8-13/h2-10,16-17H,11-12H2,1H3/t16-/m1/s1. The Hall–Kier alpha value is -2.05. The lowest BCUT2D eigenvalue weighted by Gasteiger charge is -2.35. The second-order valence-corrected chi connectivity index (χ2v) is 6.97. The van der Waals surface area contributed by atoms with Crippen LogP contribution in [0.25, 0.3) is 0 Å². The summed E-state index contributed by atoms with van der Waals surface area (Å²) < 4.78 is 33.0. The van der Waals surface area contributed by atoms with Crippen LogP contribution in [0.15, 0.2) is 54.6 Å². The van der Waals surface area contributed by atoms with Crippen LogP contribution in [-0.2, 0) is 10.0 Å². The van der Waals surface area contributed by atoms with Crippen molar-refractivity contribution in [2.45, 2.75) is 11.9 Å². The van der Waals surface area contributed by atoms with Gasteiger partial charge in [-0.05, 0) is 37.9 Å². The first-order valence-corrected chi connectivity index (χ1v) is 8.64. The zero-order chi connectivity index (χ0) is 15.6. The van der Waals surface area contributed by atoms with Gasteiger partial charge in [-0.2, -0.15) is 0 Å². The van der Waals surface area contributed by atoms with E-state index in [1.54, 1.807) is 31.3 Å². The fourth-order valence-electron chi connectivity index (χ4n) is 2.50. The smallest absolute Gasteiger partial charge is 0.278 e. The van der Waals surface area contributed by atoms with Crippen molar-refractivity contribution in [3.63, 3.8) is 0 Å². The number of fused-ring (bicyclic) bond motifs is 1. The van der Waals surface area contributed by atoms with E-state index in [-0.39, 0.29) is 0 Å². The molecule has 0 amide bonds. The number of para-hydroxylation sites is 3. The number of rotatable bonds is 4. The molecule has 2 aromatic rings. The molecule has 6 heteroatoms. The lowest BCUT2D eigenvalue weighted by Crippen LogP contribution is -2.44. The van der Waals surface area contributed by atoms with Gasteiger partial charge in [0.1, 0.15) is 5.75 Å². The Labute approximate surface area is 130 Å². The summed E-state index contributed by atoms with van der Waals surface area (Å²) in [4.78, 5) is 0. The molecular formula is C16H18N2O3S. The highest BCUT2D eigenvalue weighted by molar-refractivity contribution is 7.93. The topological polar surface area (TPSA) is 58.6 Å². The van der Waals surface area contributed by atoms with Gasteiger partial charge >= 0.3 is 0 Å². The molecule has 0 bridgehead atoms. The van der Waals surface area contributed by atoms with E-state index < -0.39 is 15.5 Å². The molecule has 0 saturated heterocycles. The number of nitrogens with zero attached hydrogens (tertiary/aromatic N) is 1.